The Hall–Kier alpha value is 0.0800. The fourth-order valence-corrected chi connectivity index (χ4v) is 1.19. The quantitative estimate of drug-likeness (QED) is 0.491. The number of hydrogen-bond donors (Lipinski definition) is 2. The van der Waals surface area contributed by atoms with E-state index in [-0.39, 0.29) is 0 Å². The monoisotopic (exact) mass is 271 g/mol. The minimum Gasteiger partial charge on any atom is -0.375 e. The topological polar surface area (TPSA) is 60.2 Å². The molecule has 3 N–H and O–H groups in total. The zero-order valence-electron chi connectivity index (χ0n) is 5.00. The molecule has 1 aromatic rings. The van der Waals surface area contributed by atoms with E-state index in [4.69, 9.17) is 10.6 Å². The first-order valence-electron chi connectivity index (χ1n) is 2.50. The molecular weight excluding hydrogens is 265 g/mol. The van der Waals surface area contributed by atoms with Crippen molar-refractivity contribution in [1.29, 1.82) is 0 Å². The zero-order chi connectivity index (χ0) is 7.40. The van der Waals surface area contributed by atoms with Crippen molar-refractivity contribution in [2.75, 3.05) is 5.73 Å². The Bertz CT molecular complexity index is 204. The predicted molar refractivity (Wildman–Crippen MR) is 48.5 cm³/mol. The Morgan fingerprint density at radius 2 is 2.70 bits per heavy atom. The number of nitrogens with zero attached hydrogens (tertiary/aromatic N) is 1. The Morgan fingerprint density at radius 1 is 1.90 bits per heavy atom. The van der Waals surface area contributed by atoms with Crippen LogP contribution in [0, 0.1) is 0 Å². The van der Waals surface area contributed by atoms with Crippen LogP contribution in [0.25, 0.3) is 0 Å². The predicted octanol–water partition coefficient (Wildman–Crippen LogP) is 1.10. The first-order valence-corrected chi connectivity index (χ1v) is 4.46. The number of halogens is 1. The second-order valence-electron chi connectivity index (χ2n) is 1.54. The molecule has 56 valence electrons. The van der Waals surface area contributed by atoms with Crippen LogP contribution in [0.5, 0.6) is 0 Å². The van der Waals surface area contributed by atoms with Gasteiger partial charge in [-0.05, 0) is 0 Å². The minimum atomic E-state index is 0.455. The van der Waals surface area contributed by atoms with Crippen molar-refractivity contribution in [3.8, 4) is 0 Å². The summed E-state index contributed by atoms with van der Waals surface area (Å²) in [6.07, 6.45) is 0. The van der Waals surface area contributed by atoms with Crippen LogP contribution >= 0.6 is 34.2 Å². The number of hydrogen-bond acceptors (Lipinski definition) is 5. The number of thiazole rings is 1. The number of nitrogens with two attached hydrogens (primary N) is 1. The SMILES string of the molecule is Nc1nc(CONI)cs1. The van der Waals surface area contributed by atoms with Crippen LogP contribution in [0.4, 0.5) is 5.13 Å². The van der Waals surface area contributed by atoms with Crippen molar-refractivity contribution in [1.82, 2.24) is 8.68 Å². The first kappa shape index (κ1) is 8.18. The van der Waals surface area contributed by atoms with Gasteiger partial charge in [-0.3, -0.25) is 4.84 Å². The zero-order valence-corrected chi connectivity index (χ0v) is 7.98. The van der Waals surface area contributed by atoms with Crippen molar-refractivity contribution in [3.63, 3.8) is 0 Å². The lowest BCUT2D eigenvalue weighted by atomic mass is 10.5. The van der Waals surface area contributed by atoms with Gasteiger partial charge in [0.25, 0.3) is 0 Å². The van der Waals surface area contributed by atoms with Gasteiger partial charge in [-0.1, -0.05) is 0 Å². The molecule has 0 aromatic carbocycles. The van der Waals surface area contributed by atoms with E-state index in [1.807, 2.05) is 28.2 Å². The molecule has 0 fully saturated rings. The molecule has 0 unspecified atom stereocenters. The fourth-order valence-electron chi connectivity index (χ4n) is 0.490. The van der Waals surface area contributed by atoms with Crippen molar-refractivity contribution in [2.24, 2.45) is 0 Å². The highest BCUT2D eigenvalue weighted by atomic mass is 127. The summed E-state index contributed by atoms with van der Waals surface area (Å²) < 4.78 is 2.52. The molecule has 0 amide bonds. The normalized spacial score (nSPS) is 10.1. The summed E-state index contributed by atoms with van der Waals surface area (Å²) in [6.45, 7) is 0.455. The van der Waals surface area contributed by atoms with E-state index in [0.717, 1.165) is 5.69 Å². The van der Waals surface area contributed by atoms with Crippen LogP contribution in [-0.2, 0) is 11.4 Å². The molecule has 0 saturated carbocycles. The van der Waals surface area contributed by atoms with E-state index in [1.54, 1.807) is 0 Å². The Kier molecular flexibility index (Phi) is 3.32. The van der Waals surface area contributed by atoms with E-state index in [1.165, 1.54) is 11.3 Å². The summed E-state index contributed by atoms with van der Waals surface area (Å²) in [7, 11) is 0. The number of anilines is 1. The maximum Gasteiger partial charge on any atom is 0.180 e. The highest BCUT2D eigenvalue weighted by Crippen LogP contribution is 2.11. The van der Waals surface area contributed by atoms with Gasteiger partial charge < -0.3 is 5.73 Å². The molecule has 10 heavy (non-hydrogen) atoms. The average molecular weight is 271 g/mol. The third kappa shape index (κ3) is 2.37. The first-order chi connectivity index (χ1) is 4.83. The number of rotatable bonds is 3. The summed E-state index contributed by atoms with van der Waals surface area (Å²) in [5.74, 6) is 0. The third-order valence-corrected chi connectivity index (χ3v) is 1.88. The van der Waals surface area contributed by atoms with E-state index in [9.17, 15) is 0 Å². The lowest BCUT2D eigenvalue weighted by molar-refractivity contribution is 0.0969. The molecule has 1 rings (SSSR count). The number of nitrogen functional groups attached to an aromatic ring is 1. The lowest BCUT2D eigenvalue weighted by Gasteiger charge is -1.93. The standard InChI is InChI=1S/C4H6IN3OS/c5-8-9-1-3-2-10-4(6)7-3/h2,8H,1H2,(H2,6,7). The van der Waals surface area contributed by atoms with Crippen molar-refractivity contribution >= 4 is 39.3 Å². The molecule has 0 spiro atoms. The van der Waals surface area contributed by atoms with E-state index in [2.05, 4.69) is 8.68 Å². The molecule has 0 radical (unpaired) electrons. The van der Waals surface area contributed by atoms with Gasteiger partial charge in [-0.25, -0.2) is 4.98 Å². The van der Waals surface area contributed by atoms with E-state index >= 15 is 0 Å². The van der Waals surface area contributed by atoms with Gasteiger partial charge in [-0.2, -0.15) is 0 Å². The van der Waals surface area contributed by atoms with E-state index < -0.39 is 0 Å². The molecule has 6 heteroatoms. The molecule has 0 bridgehead atoms. The van der Waals surface area contributed by atoms with Crippen molar-refractivity contribution < 1.29 is 4.84 Å². The third-order valence-electron chi connectivity index (χ3n) is 0.844. The van der Waals surface area contributed by atoms with Crippen molar-refractivity contribution in [2.45, 2.75) is 6.61 Å². The van der Waals surface area contributed by atoms with Gasteiger partial charge in [0.05, 0.1) is 5.69 Å². The second-order valence-corrected chi connectivity index (χ2v) is 2.87. The Morgan fingerprint density at radius 3 is 3.20 bits per heavy atom. The summed E-state index contributed by atoms with van der Waals surface area (Å²) in [5.41, 5.74) is 6.23. The maximum atomic E-state index is 5.38. The molecule has 0 aliphatic heterocycles. The fraction of sp³-hybridized carbons (Fsp3) is 0.250. The molecule has 1 heterocycles. The molecule has 0 atom stereocenters. The molecule has 0 aliphatic carbocycles. The highest BCUT2D eigenvalue weighted by Gasteiger charge is 1.96. The van der Waals surface area contributed by atoms with Crippen LogP contribution in [0.1, 0.15) is 5.69 Å². The Balaban J connectivity index is 2.42. The maximum absolute atomic E-state index is 5.38. The van der Waals surface area contributed by atoms with Crippen LogP contribution < -0.4 is 9.43 Å². The molecule has 0 aliphatic rings. The van der Waals surface area contributed by atoms with Crippen LogP contribution in [-0.4, -0.2) is 4.98 Å². The van der Waals surface area contributed by atoms with Crippen molar-refractivity contribution in [3.05, 3.63) is 11.1 Å². The highest BCUT2D eigenvalue weighted by molar-refractivity contribution is 14.1. The van der Waals surface area contributed by atoms with Gasteiger partial charge in [0.1, 0.15) is 6.61 Å². The van der Waals surface area contributed by atoms with Gasteiger partial charge in [-0.15, -0.1) is 15.0 Å². The van der Waals surface area contributed by atoms with Gasteiger partial charge in [0, 0.05) is 28.2 Å². The number of nitrogens with one attached hydrogen (secondary N) is 1. The summed E-state index contributed by atoms with van der Waals surface area (Å²) in [4.78, 5) is 8.83. The summed E-state index contributed by atoms with van der Waals surface area (Å²) >= 11 is 3.30. The van der Waals surface area contributed by atoms with Gasteiger partial charge in [0.2, 0.25) is 0 Å². The average Bonchev–Trinajstić information content (AvgIpc) is 2.31. The molecular formula is C4H6IN3OS. The molecule has 1 aromatic heterocycles. The second kappa shape index (κ2) is 4.06. The minimum absolute atomic E-state index is 0.455. The van der Waals surface area contributed by atoms with Crippen LogP contribution in [0.15, 0.2) is 5.38 Å². The molecule has 0 saturated heterocycles. The van der Waals surface area contributed by atoms with Gasteiger partial charge in [0.15, 0.2) is 5.13 Å². The lowest BCUT2D eigenvalue weighted by Crippen LogP contribution is -2.00. The summed E-state index contributed by atoms with van der Waals surface area (Å²) in [5, 5.41) is 2.44. The van der Waals surface area contributed by atoms with Gasteiger partial charge >= 0.3 is 0 Å². The summed E-state index contributed by atoms with van der Waals surface area (Å²) in [6, 6.07) is 0. The smallest absolute Gasteiger partial charge is 0.180 e. The van der Waals surface area contributed by atoms with Crippen LogP contribution in [0.3, 0.4) is 0 Å². The van der Waals surface area contributed by atoms with E-state index in [0.29, 0.717) is 11.7 Å². The van der Waals surface area contributed by atoms with Crippen LogP contribution in [0.2, 0.25) is 0 Å². The number of aromatic nitrogens is 1. The molecule has 4 nitrogen and oxygen atoms in total. The largest absolute Gasteiger partial charge is 0.375 e. The Labute approximate surface area is 76.2 Å².